The maximum Gasteiger partial charge on any atom is 0.0547 e. The van der Waals surface area contributed by atoms with Crippen molar-refractivity contribution in [3.63, 3.8) is 0 Å². The van der Waals surface area contributed by atoms with Crippen molar-refractivity contribution >= 4 is 0 Å². The highest BCUT2D eigenvalue weighted by Gasteiger charge is 2.25. The standard InChI is InChI=1S/C14H24N2O2/c1-4-16(9-14(3,10-17)11-18)8-13-7-5-6-12(2)15-13/h5-7,17-18H,4,8-11H2,1-3H3. The Kier molecular flexibility index (Phi) is 5.72. The van der Waals surface area contributed by atoms with Gasteiger partial charge in [0.05, 0.1) is 18.9 Å². The fourth-order valence-electron chi connectivity index (χ4n) is 1.89. The number of pyridine rings is 1. The molecule has 0 saturated carbocycles. The third-order valence-corrected chi connectivity index (χ3v) is 3.15. The molecule has 1 rings (SSSR count). The quantitative estimate of drug-likeness (QED) is 0.765. The van der Waals surface area contributed by atoms with Gasteiger partial charge in [0.2, 0.25) is 0 Å². The van der Waals surface area contributed by atoms with Crippen LogP contribution in [-0.4, -0.2) is 46.4 Å². The van der Waals surface area contributed by atoms with Crippen LogP contribution >= 0.6 is 0 Å². The van der Waals surface area contributed by atoms with E-state index in [1.807, 2.05) is 32.0 Å². The zero-order valence-electron chi connectivity index (χ0n) is 11.6. The lowest BCUT2D eigenvalue weighted by Crippen LogP contribution is -2.40. The number of rotatable bonds is 7. The van der Waals surface area contributed by atoms with E-state index < -0.39 is 5.41 Å². The molecule has 2 N–H and O–H groups in total. The number of hydrogen-bond donors (Lipinski definition) is 2. The highest BCUT2D eigenvalue weighted by Crippen LogP contribution is 2.17. The summed E-state index contributed by atoms with van der Waals surface area (Å²) < 4.78 is 0. The van der Waals surface area contributed by atoms with Gasteiger partial charge in [-0.25, -0.2) is 0 Å². The van der Waals surface area contributed by atoms with Gasteiger partial charge in [-0.15, -0.1) is 0 Å². The van der Waals surface area contributed by atoms with Crippen LogP contribution in [0.4, 0.5) is 0 Å². The number of aryl methyl sites for hydroxylation is 1. The lowest BCUT2D eigenvalue weighted by atomic mass is 9.92. The van der Waals surface area contributed by atoms with E-state index in [9.17, 15) is 10.2 Å². The molecule has 0 aliphatic carbocycles. The van der Waals surface area contributed by atoms with E-state index in [2.05, 4.69) is 16.8 Å². The average molecular weight is 252 g/mol. The fourth-order valence-corrected chi connectivity index (χ4v) is 1.89. The lowest BCUT2D eigenvalue weighted by molar-refractivity contribution is 0.0339. The summed E-state index contributed by atoms with van der Waals surface area (Å²) in [6, 6.07) is 5.99. The van der Waals surface area contributed by atoms with Crippen molar-refractivity contribution < 1.29 is 10.2 Å². The van der Waals surface area contributed by atoms with Gasteiger partial charge in [-0.3, -0.25) is 9.88 Å². The maximum absolute atomic E-state index is 9.34. The second-order valence-corrected chi connectivity index (χ2v) is 5.20. The van der Waals surface area contributed by atoms with E-state index in [-0.39, 0.29) is 13.2 Å². The van der Waals surface area contributed by atoms with Crippen molar-refractivity contribution in [3.05, 3.63) is 29.6 Å². The van der Waals surface area contributed by atoms with Gasteiger partial charge in [0.25, 0.3) is 0 Å². The monoisotopic (exact) mass is 252 g/mol. The first-order valence-electron chi connectivity index (χ1n) is 6.39. The van der Waals surface area contributed by atoms with E-state index in [4.69, 9.17) is 0 Å². The molecule has 1 aromatic rings. The minimum absolute atomic E-state index is 0.0127. The predicted molar refractivity (Wildman–Crippen MR) is 72.2 cm³/mol. The second-order valence-electron chi connectivity index (χ2n) is 5.20. The minimum Gasteiger partial charge on any atom is -0.396 e. The second kappa shape index (κ2) is 6.83. The molecule has 0 aromatic carbocycles. The summed E-state index contributed by atoms with van der Waals surface area (Å²) >= 11 is 0. The normalized spacial score (nSPS) is 12.1. The van der Waals surface area contributed by atoms with Gasteiger partial charge >= 0.3 is 0 Å². The molecule has 0 amide bonds. The molecule has 0 fully saturated rings. The Morgan fingerprint density at radius 1 is 1.28 bits per heavy atom. The van der Waals surface area contributed by atoms with Crippen LogP contribution in [0.2, 0.25) is 0 Å². The highest BCUT2D eigenvalue weighted by atomic mass is 16.3. The molecule has 1 heterocycles. The fraction of sp³-hybridized carbons (Fsp3) is 0.643. The molecule has 0 aliphatic heterocycles. The molecule has 1 aromatic heterocycles. The van der Waals surface area contributed by atoms with E-state index in [0.717, 1.165) is 24.5 Å². The van der Waals surface area contributed by atoms with Gasteiger partial charge < -0.3 is 10.2 Å². The van der Waals surface area contributed by atoms with E-state index in [0.29, 0.717) is 6.54 Å². The first-order chi connectivity index (χ1) is 8.53. The van der Waals surface area contributed by atoms with Gasteiger partial charge in [-0.2, -0.15) is 0 Å². The third kappa shape index (κ3) is 4.37. The molecular weight excluding hydrogens is 228 g/mol. The molecule has 0 atom stereocenters. The molecule has 0 aliphatic rings. The summed E-state index contributed by atoms with van der Waals surface area (Å²) in [6.45, 7) is 8.18. The molecule has 102 valence electrons. The van der Waals surface area contributed by atoms with Crippen LogP contribution in [0.25, 0.3) is 0 Å². The number of hydrogen-bond acceptors (Lipinski definition) is 4. The molecule has 4 nitrogen and oxygen atoms in total. The molecule has 0 spiro atoms. The molecule has 0 saturated heterocycles. The number of aliphatic hydroxyl groups is 2. The van der Waals surface area contributed by atoms with Gasteiger partial charge in [0, 0.05) is 24.2 Å². The molecule has 4 heteroatoms. The largest absolute Gasteiger partial charge is 0.396 e. The Labute approximate surface area is 109 Å². The highest BCUT2D eigenvalue weighted by molar-refractivity contribution is 5.09. The Morgan fingerprint density at radius 3 is 2.44 bits per heavy atom. The summed E-state index contributed by atoms with van der Waals surface area (Å²) in [4.78, 5) is 6.66. The van der Waals surface area contributed by atoms with E-state index >= 15 is 0 Å². The molecule has 0 radical (unpaired) electrons. The predicted octanol–water partition coefficient (Wildman–Crippen LogP) is 1.20. The van der Waals surface area contributed by atoms with Gasteiger partial charge in [0.1, 0.15) is 0 Å². The van der Waals surface area contributed by atoms with Crippen LogP contribution in [0.1, 0.15) is 25.2 Å². The summed E-state index contributed by atoms with van der Waals surface area (Å²) in [5, 5.41) is 18.7. The zero-order chi connectivity index (χ0) is 13.6. The van der Waals surface area contributed by atoms with Crippen LogP contribution in [-0.2, 0) is 6.54 Å². The van der Waals surface area contributed by atoms with Crippen LogP contribution < -0.4 is 0 Å². The maximum atomic E-state index is 9.34. The van der Waals surface area contributed by atoms with Crippen molar-refractivity contribution in [3.8, 4) is 0 Å². The van der Waals surface area contributed by atoms with Crippen LogP contribution in [0.5, 0.6) is 0 Å². The Balaban J connectivity index is 2.67. The smallest absolute Gasteiger partial charge is 0.0547 e. The third-order valence-electron chi connectivity index (χ3n) is 3.15. The van der Waals surface area contributed by atoms with Crippen molar-refractivity contribution in [2.75, 3.05) is 26.3 Å². The topological polar surface area (TPSA) is 56.6 Å². The molecule has 0 bridgehead atoms. The molecular formula is C14H24N2O2. The van der Waals surface area contributed by atoms with Gasteiger partial charge in [0.15, 0.2) is 0 Å². The summed E-state index contributed by atoms with van der Waals surface area (Å²) in [5.74, 6) is 0. The number of aliphatic hydroxyl groups excluding tert-OH is 2. The van der Waals surface area contributed by atoms with Crippen LogP contribution in [0.3, 0.4) is 0 Å². The number of nitrogens with zero attached hydrogens (tertiary/aromatic N) is 2. The summed E-state index contributed by atoms with van der Waals surface area (Å²) in [7, 11) is 0. The summed E-state index contributed by atoms with van der Waals surface area (Å²) in [6.07, 6.45) is 0. The molecule has 18 heavy (non-hydrogen) atoms. The SMILES string of the molecule is CCN(Cc1cccc(C)n1)CC(C)(CO)CO. The lowest BCUT2D eigenvalue weighted by Gasteiger charge is -2.32. The van der Waals surface area contributed by atoms with Crippen molar-refractivity contribution in [2.24, 2.45) is 5.41 Å². The Bertz CT molecular complexity index is 365. The van der Waals surface area contributed by atoms with E-state index in [1.165, 1.54) is 0 Å². The summed E-state index contributed by atoms with van der Waals surface area (Å²) in [5.41, 5.74) is 1.57. The number of aromatic nitrogens is 1. The Morgan fingerprint density at radius 2 is 1.94 bits per heavy atom. The average Bonchev–Trinajstić information content (AvgIpc) is 2.38. The van der Waals surface area contributed by atoms with Crippen molar-refractivity contribution in [1.82, 2.24) is 9.88 Å². The van der Waals surface area contributed by atoms with Crippen LogP contribution in [0, 0.1) is 12.3 Å². The first kappa shape index (κ1) is 15.1. The van der Waals surface area contributed by atoms with Gasteiger partial charge in [-0.05, 0) is 25.6 Å². The zero-order valence-corrected chi connectivity index (χ0v) is 11.6. The van der Waals surface area contributed by atoms with Gasteiger partial charge in [-0.1, -0.05) is 19.9 Å². The minimum atomic E-state index is -0.458. The van der Waals surface area contributed by atoms with E-state index in [1.54, 1.807) is 0 Å². The van der Waals surface area contributed by atoms with Crippen molar-refractivity contribution in [1.29, 1.82) is 0 Å². The Hall–Kier alpha value is -0.970. The van der Waals surface area contributed by atoms with Crippen LogP contribution in [0.15, 0.2) is 18.2 Å². The first-order valence-corrected chi connectivity index (χ1v) is 6.39. The van der Waals surface area contributed by atoms with Crippen molar-refractivity contribution in [2.45, 2.75) is 27.3 Å². The molecule has 0 unspecified atom stereocenters.